The second kappa shape index (κ2) is 7.84. The number of aromatic nitrogens is 5. The normalized spacial score (nSPS) is 11.1. The molecule has 0 fully saturated rings. The largest absolute Gasteiger partial charge is 0.354 e. The van der Waals surface area contributed by atoms with Crippen molar-refractivity contribution < 1.29 is 4.79 Å². The zero-order valence-corrected chi connectivity index (χ0v) is 16.6. The minimum absolute atomic E-state index is 0.219. The number of rotatable bonds is 6. The Labute approximate surface area is 168 Å². The van der Waals surface area contributed by atoms with Gasteiger partial charge in [0.05, 0.1) is 11.7 Å². The van der Waals surface area contributed by atoms with Crippen LogP contribution in [0.25, 0.3) is 33.5 Å². The number of benzene rings is 1. The van der Waals surface area contributed by atoms with Gasteiger partial charge in [-0.05, 0) is 42.3 Å². The van der Waals surface area contributed by atoms with Crippen LogP contribution >= 0.6 is 0 Å². The van der Waals surface area contributed by atoms with Crippen molar-refractivity contribution in [2.45, 2.75) is 20.4 Å². The van der Waals surface area contributed by atoms with Gasteiger partial charge < -0.3 is 15.6 Å². The van der Waals surface area contributed by atoms with Crippen LogP contribution in [0.1, 0.15) is 28.5 Å². The van der Waals surface area contributed by atoms with Crippen molar-refractivity contribution in [2.24, 2.45) is 0 Å². The van der Waals surface area contributed by atoms with Crippen molar-refractivity contribution in [3.05, 3.63) is 53.6 Å². The van der Waals surface area contributed by atoms with Gasteiger partial charge in [0.15, 0.2) is 5.82 Å². The summed E-state index contributed by atoms with van der Waals surface area (Å²) in [6, 6.07) is 6.14. The molecule has 3 aromatic heterocycles. The Balaban J connectivity index is 1.77. The van der Waals surface area contributed by atoms with Gasteiger partial charge in [0, 0.05) is 36.9 Å². The first kappa shape index (κ1) is 18.8. The molecule has 0 radical (unpaired) electrons. The lowest BCUT2D eigenvalue weighted by atomic mass is 9.98. The number of fused-ring (bicyclic) bond motifs is 1. The third-order valence-electron chi connectivity index (χ3n) is 5.03. The molecule has 4 N–H and O–H groups in total. The molecule has 0 atom stereocenters. The van der Waals surface area contributed by atoms with Gasteiger partial charge in [0.2, 0.25) is 0 Å². The highest BCUT2D eigenvalue weighted by Crippen LogP contribution is 2.31. The summed E-state index contributed by atoms with van der Waals surface area (Å²) in [5, 5.41) is 14.3. The number of carbonyl (C=O) groups is 1. The van der Waals surface area contributed by atoms with Crippen LogP contribution in [0.5, 0.6) is 0 Å². The van der Waals surface area contributed by atoms with Crippen molar-refractivity contribution in [3.8, 4) is 22.6 Å². The Morgan fingerprint density at radius 1 is 1.21 bits per heavy atom. The van der Waals surface area contributed by atoms with Gasteiger partial charge in [-0.3, -0.25) is 14.9 Å². The molecule has 4 aromatic rings. The third-order valence-corrected chi connectivity index (χ3v) is 5.03. The maximum absolute atomic E-state index is 11.8. The molecular formula is C21H23N7O. The number of aromatic amines is 2. The summed E-state index contributed by atoms with van der Waals surface area (Å²) in [5.41, 5.74) is 6.48. The first-order valence-corrected chi connectivity index (χ1v) is 9.52. The van der Waals surface area contributed by atoms with Crippen LogP contribution in [-0.4, -0.2) is 44.6 Å². The van der Waals surface area contributed by atoms with Crippen molar-refractivity contribution >= 4 is 16.8 Å². The molecule has 3 heterocycles. The number of amides is 1. The number of hydrogen-bond acceptors (Lipinski definition) is 5. The van der Waals surface area contributed by atoms with E-state index in [1.54, 1.807) is 7.05 Å². The smallest absolute Gasteiger partial charge is 0.269 e. The molecule has 148 valence electrons. The lowest BCUT2D eigenvalue weighted by Gasteiger charge is -2.11. The predicted molar refractivity (Wildman–Crippen MR) is 112 cm³/mol. The minimum Gasteiger partial charge on any atom is -0.354 e. The Bertz CT molecular complexity index is 1170. The monoisotopic (exact) mass is 389 g/mol. The Morgan fingerprint density at radius 3 is 2.86 bits per heavy atom. The van der Waals surface area contributed by atoms with Gasteiger partial charge in [0.25, 0.3) is 5.91 Å². The average Bonchev–Trinajstić information content (AvgIpc) is 3.39. The maximum Gasteiger partial charge on any atom is 0.269 e. The Hall–Kier alpha value is -3.52. The van der Waals surface area contributed by atoms with E-state index in [0.717, 1.165) is 35.1 Å². The van der Waals surface area contributed by atoms with Crippen LogP contribution in [-0.2, 0) is 6.54 Å². The van der Waals surface area contributed by atoms with Gasteiger partial charge in [-0.25, -0.2) is 4.98 Å². The second-order valence-electron chi connectivity index (χ2n) is 6.81. The standard InChI is InChI=1S/C21H23N7O/c1-4-23-8-14-9-24-10-16(12(14)2)13-5-6-17-15(7-13)19(28-27-17)20-25-11-18(26-20)21(29)22-3/h5-7,9-11,23H,4,8H2,1-3H3,(H,22,29)(H,25,26)(H,27,28). The summed E-state index contributed by atoms with van der Waals surface area (Å²) in [6.45, 7) is 5.91. The molecule has 0 saturated heterocycles. The molecule has 0 unspecified atom stereocenters. The van der Waals surface area contributed by atoms with E-state index in [2.05, 4.69) is 61.8 Å². The second-order valence-corrected chi connectivity index (χ2v) is 6.81. The molecule has 0 aliphatic carbocycles. The molecule has 0 aliphatic heterocycles. The van der Waals surface area contributed by atoms with E-state index in [1.807, 2.05) is 18.5 Å². The zero-order valence-electron chi connectivity index (χ0n) is 16.6. The summed E-state index contributed by atoms with van der Waals surface area (Å²) in [4.78, 5) is 23.6. The number of imidazole rings is 1. The van der Waals surface area contributed by atoms with Gasteiger partial charge in [-0.2, -0.15) is 5.10 Å². The number of H-pyrrole nitrogens is 2. The van der Waals surface area contributed by atoms with Crippen LogP contribution in [0.2, 0.25) is 0 Å². The fourth-order valence-electron chi connectivity index (χ4n) is 3.35. The van der Waals surface area contributed by atoms with Gasteiger partial charge >= 0.3 is 0 Å². The molecule has 8 nitrogen and oxygen atoms in total. The molecule has 4 rings (SSSR count). The molecule has 0 aliphatic rings. The number of nitrogens with zero attached hydrogens (tertiary/aromatic N) is 3. The van der Waals surface area contributed by atoms with E-state index in [9.17, 15) is 4.79 Å². The van der Waals surface area contributed by atoms with Crippen LogP contribution in [0.15, 0.2) is 36.8 Å². The van der Waals surface area contributed by atoms with Crippen molar-refractivity contribution in [2.75, 3.05) is 13.6 Å². The molecular weight excluding hydrogens is 366 g/mol. The molecule has 29 heavy (non-hydrogen) atoms. The van der Waals surface area contributed by atoms with E-state index >= 15 is 0 Å². The number of hydrogen-bond donors (Lipinski definition) is 4. The lowest BCUT2D eigenvalue weighted by molar-refractivity contribution is 0.0958. The SMILES string of the molecule is CCNCc1cncc(-c2ccc3[nH]nc(-c4ncc(C(=O)NC)[nH]4)c3c2)c1C. The number of nitrogens with one attached hydrogen (secondary N) is 4. The van der Waals surface area contributed by atoms with E-state index in [0.29, 0.717) is 17.2 Å². The average molecular weight is 389 g/mol. The van der Waals surface area contributed by atoms with E-state index in [1.165, 1.54) is 17.3 Å². The quantitative estimate of drug-likeness (QED) is 0.405. The van der Waals surface area contributed by atoms with E-state index < -0.39 is 0 Å². The van der Waals surface area contributed by atoms with E-state index in [4.69, 9.17) is 0 Å². The summed E-state index contributed by atoms with van der Waals surface area (Å²) >= 11 is 0. The summed E-state index contributed by atoms with van der Waals surface area (Å²) < 4.78 is 0. The van der Waals surface area contributed by atoms with Crippen LogP contribution in [0.4, 0.5) is 0 Å². The fourth-order valence-corrected chi connectivity index (χ4v) is 3.35. The van der Waals surface area contributed by atoms with Gasteiger partial charge in [0.1, 0.15) is 11.4 Å². The Kier molecular flexibility index (Phi) is 5.09. The van der Waals surface area contributed by atoms with Crippen LogP contribution < -0.4 is 10.6 Å². The van der Waals surface area contributed by atoms with Crippen LogP contribution in [0, 0.1) is 6.92 Å². The third kappa shape index (κ3) is 3.50. The van der Waals surface area contributed by atoms with Gasteiger partial charge in [-0.15, -0.1) is 0 Å². The summed E-state index contributed by atoms with van der Waals surface area (Å²) in [6.07, 6.45) is 5.31. The Morgan fingerprint density at radius 2 is 2.07 bits per heavy atom. The summed E-state index contributed by atoms with van der Waals surface area (Å²) in [7, 11) is 1.58. The van der Waals surface area contributed by atoms with Crippen LogP contribution in [0.3, 0.4) is 0 Å². The highest BCUT2D eigenvalue weighted by Gasteiger charge is 2.16. The van der Waals surface area contributed by atoms with Crippen molar-refractivity contribution in [1.29, 1.82) is 0 Å². The van der Waals surface area contributed by atoms with Gasteiger partial charge in [-0.1, -0.05) is 13.0 Å². The number of carbonyl (C=O) groups excluding carboxylic acids is 1. The topological polar surface area (TPSA) is 111 Å². The summed E-state index contributed by atoms with van der Waals surface area (Å²) in [5.74, 6) is 0.325. The highest BCUT2D eigenvalue weighted by molar-refractivity contribution is 5.96. The highest BCUT2D eigenvalue weighted by atomic mass is 16.1. The molecule has 1 amide bonds. The maximum atomic E-state index is 11.8. The lowest BCUT2D eigenvalue weighted by Crippen LogP contribution is -2.17. The zero-order chi connectivity index (χ0) is 20.4. The molecule has 1 aromatic carbocycles. The first-order valence-electron chi connectivity index (χ1n) is 9.52. The molecule has 0 bridgehead atoms. The van der Waals surface area contributed by atoms with Crippen molar-refractivity contribution in [1.82, 2.24) is 35.8 Å². The molecule has 0 spiro atoms. The number of pyridine rings is 1. The first-order chi connectivity index (χ1) is 14.1. The predicted octanol–water partition coefficient (Wildman–Crippen LogP) is 2.79. The van der Waals surface area contributed by atoms with Crippen molar-refractivity contribution in [3.63, 3.8) is 0 Å². The minimum atomic E-state index is -0.219. The molecule has 0 saturated carbocycles. The van der Waals surface area contributed by atoms with E-state index in [-0.39, 0.29) is 5.91 Å². The fraction of sp³-hybridized carbons (Fsp3) is 0.238. The molecule has 8 heteroatoms.